The number of pyridine rings is 3. The van der Waals surface area contributed by atoms with Crippen LogP contribution in [0, 0.1) is 41.2 Å². The summed E-state index contributed by atoms with van der Waals surface area (Å²) >= 11 is 7.97. The number of carbonyl (C=O) groups excluding carboxylic acids is 2. The summed E-state index contributed by atoms with van der Waals surface area (Å²) in [6, 6.07) is 3.87. The highest BCUT2D eigenvalue weighted by atomic mass is 35.5. The zero-order valence-electron chi connectivity index (χ0n) is 27.8. The molecule has 5 rings (SSSR count). The van der Waals surface area contributed by atoms with Gasteiger partial charge in [0.15, 0.2) is 0 Å². The van der Waals surface area contributed by atoms with Crippen LogP contribution in [0.5, 0.6) is 0 Å². The smallest absolute Gasteiger partial charge is 0.313 e. The van der Waals surface area contributed by atoms with E-state index in [1.165, 1.54) is 34.9 Å². The molecule has 0 aromatic carbocycles. The number of rotatable bonds is 7. The van der Waals surface area contributed by atoms with Gasteiger partial charge in [-0.1, -0.05) is 34.3 Å². The third-order valence-electron chi connectivity index (χ3n) is 5.89. The van der Waals surface area contributed by atoms with E-state index in [-0.39, 0.29) is 36.0 Å². The minimum atomic E-state index is -0.831. The van der Waals surface area contributed by atoms with Crippen molar-refractivity contribution in [2.75, 3.05) is 5.73 Å². The van der Waals surface area contributed by atoms with E-state index in [0.29, 0.717) is 21.0 Å². The Morgan fingerprint density at radius 1 is 0.725 bits per heavy atom. The van der Waals surface area contributed by atoms with Gasteiger partial charge in [-0.2, -0.15) is 0 Å². The molecular formula is C29H30ClN9O10S2. The van der Waals surface area contributed by atoms with Crippen molar-refractivity contribution in [3.8, 4) is 0 Å². The van der Waals surface area contributed by atoms with Crippen molar-refractivity contribution in [2.45, 2.75) is 54.8 Å². The van der Waals surface area contributed by atoms with Gasteiger partial charge in [0.25, 0.3) is 11.4 Å². The Labute approximate surface area is 301 Å². The molecule has 0 atom stereocenters. The Bertz CT molecular complexity index is 2110. The first-order valence-electron chi connectivity index (χ1n) is 14.3. The molecule has 0 radical (unpaired) electrons. The van der Waals surface area contributed by atoms with Gasteiger partial charge >= 0.3 is 17.6 Å². The standard InChI is InChI=1S/C12H13N3O4S.C12H15N3O2S.C5H2ClN3O4/c1-12(2,3)11(16)19-6-9-14-8-4-7(15(17)18)5-13-10(8)20-9;1-12(2,3)11(16)17-6-9-15-8-4-7(13)5-14-10(8)18-9;6-5-4(9(12)13)1-3(2-7-5)8(10)11/h4-5H,6H2,1-3H3;4-5H,6,13H2,1-3H3;1-2H. The van der Waals surface area contributed by atoms with Crippen LogP contribution in [0.3, 0.4) is 0 Å². The normalized spacial score (nSPS) is 11.1. The molecule has 0 bridgehead atoms. The number of hydrogen-bond acceptors (Lipinski definition) is 18. The van der Waals surface area contributed by atoms with Crippen LogP contribution in [-0.4, -0.2) is 51.6 Å². The highest BCUT2D eigenvalue weighted by Crippen LogP contribution is 2.27. The minimum absolute atomic E-state index is 0.0466. The molecule has 5 aromatic rings. The second-order valence-corrected chi connectivity index (χ2v) is 14.7. The van der Waals surface area contributed by atoms with Crippen LogP contribution in [0.2, 0.25) is 5.15 Å². The molecule has 0 amide bonds. The summed E-state index contributed by atoms with van der Waals surface area (Å²) in [5, 5.41) is 32.0. The molecule has 270 valence electrons. The number of anilines is 1. The van der Waals surface area contributed by atoms with Crippen molar-refractivity contribution >= 4 is 89.7 Å². The fourth-order valence-electron chi connectivity index (χ4n) is 3.31. The van der Waals surface area contributed by atoms with Gasteiger partial charge in [0, 0.05) is 6.07 Å². The number of fused-ring (bicyclic) bond motifs is 2. The summed E-state index contributed by atoms with van der Waals surface area (Å²) in [6.07, 6.45) is 3.63. The molecule has 5 heterocycles. The molecule has 51 heavy (non-hydrogen) atoms. The number of nitrogens with two attached hydrogens (primary N) is 1. The highest BCUT2D eigenvalue weighted by molar-refractivity contribution is 7.18. The molecule has 0 spiro atoms. The van der Waals surface area contributed by atoms with Crippen molar-refractivity contribution in [2.24, 2.45) is 10.8 Å². The maximum atomic E-state index is 11.6. The van der Waals surface area contributed by atoms with E-state index in [0.717, 1.165) is 27.6 Å². The number of ether oxygens (including phenoxy) is 2. The first kappa shape index (κ1) is 39.9. The van der Waals surface area contributed by atoms with Gasteiger partial charge in [0.2, 0.25) is 5.15 Å². The zero-order chi connectivity index (χ0) is 38.3. The van der Waals surface area contributed by atoms with E-state index in [1.807, 2.05) is 20.8 Å². The number of nitrogens with zero attached hydrogens (tertiary/aromatic N) is 8. The summed E-state index contributed by atoms with van der Waals surface area (Å²) in [5.41, 5.74) is 5.16. The van der Waals surface area contributed by atoms with Gasteiger partial charge < -0.3 is 15.2 Å². The number of esters is 2. The molecular weight excluding hydrogens is 734 g/mol. The van der Waals surface area contributed by atoms with Gasteiger partial charge in [-0.25, -0.2) is 24.9 Å². The van der Waals surface area contributed by atoms with Crippen LogP contribution < -0.4 is 5.73 Å². The van der Waals surface area contributed by atoms with Gasteiger partial charge in [-0.15, -0.1) is 0 Å². The summed E-state index contributed by atoms with van der Waals surface area (Å²) in [6.45, 7) is 11.0. The predicted octanol–water partition coefficient (Wildman–Crippen LogP) is 6.60. The van der Waals surface area contributed by atoms with Crippen molar-refractivity contribution in [3.05, 3.63) is 82.3 Å². The largest absolute Gasteiger partial charge is 0.458 e. The third-order valence-corrected chi connectivity index (χ3v) is 8.09. The Hall–Kier alpha value is -5.54. The fourth-order valence-corrected chi connectivity index (χ4v) is 5.08. The van der Waals surface area contributed by atoms with E-state index >= 15 is 0 Å². The Kier molecular flexibility index (Phi) is 12.9. The second-order valence-electron chi connectivity index (χ2n) is 12.3. The molecule has 19 nitrogen and oxygen atoms in total. The topological polar surface area (TPSA) is 272 Å². The van der Waals surface area contributed by atoms with Gasteiger partial charge in [0.1, 0.15) is 56.3 Å². The Morgan fingerprint density at radius 2 is 1.16 bits per heavy atom. The minimum Gasteiger partial charge on any atom is -0.458 e. The number of halogens is 1. The van der Waals surface area contributed by atoms with Crippen molar-refractivity contribution < 1.29 is 33.8 Å². The molecule has 0 aliphatic carbocycles. The van der Waals surface area contributed by atoms with Crippen LogP contribution in [0.25, 0.3) is 20.7 Å². The Balaban J connectivity index is 0.000000211. The molecule has 0 saturated carbocycles. The monoisotopic (exact) mass is 763 g/mol. The third kappa shape index (κ3) is 11.5. The molecule has 0 aliphatic heterocycles. The highest BCUT2D eigenvalue weighted by Gasteiger charge is 2.25. The van der Waals surface area contributed by atoms with E-state index < -0.39 is 37.0 Å². The lowest BCUT2D eigenvalue weighted by Crippen LogP contribution is -2.22. The molecule has 2 N–H and O–H groups in total. The summed E-state index contributed by atoms with van der Waals surface area (Å²) in [4.78, 5) is 73.6. The van der Waals surface area contributed by atoms with Gasteiger partial charge in [-0.05, 0) is 47.6 Å². The first-order chi connectivity index (χ1) is 23.6. The fraction of sp³-hybridized carbons (Fsp3) is 0.345. The molecule has 5 aromatic heterocycles. The zero-order valence-corrected chi connectivity index (χ0v) is 30.2. The number of hydrogen-bond donors (Lipinski definition) is 1. The maximum Gasteiger partial charge on any atom is 0.313 e. The lowest BCUT2D eigenvalue weighted by molar-refractivity contribution is -0.394. The number of nitrogen functional groups attached to an aromatic ring is 1. The van der Waals surface area contributed by atoms with Crippen LogP contribution >= 0.6 is 34.3 Å². The molecule has 0 fully saturated rings. The van der Waals surface area contributed by atoms with Crippen molar-refractivity contribution in [1.29, 1.82) is 0 Å². The maximum absolute atomic E-state index is 11.6. The summed E-state index contributed by atoms with van der Waals surface area (Å²) < 4.78 is 10.3. The Morgan fingerprint density at radius 3 is 1.61 bits per heavy atom. The van der Waals surface area contributed by atoms with E-state index in [9.17, 15) is 39.9 Å². The van der Waals surface area contributed by atoms with Crippen LogP contribution in [-0.2, 0) is 32.3 Å². The molecule has 0 unspecified atom stereocenters. The average Bonchev–Trinajstić information content (AvgIpc) is 3.64. The molecule has 0 aliphatic rings. The predicted molar refractivity (Wildman–Crippen MR) is 187 cm³/mol. The van der Waals surface area contributed by atoms with E-state index in [2.05, 4.69) is 24.9 Å². The first-order valence-corrected chi connectivity index (χ1v) is 16.4. The van der Waals surface area contributed by atoms with Gasteiger partial charge in [0.05, 0.1) is 43.6 Å². The molecule has 22 heteroatoms. The summed E-state index contributed by atoms with van der Waals surface area (Å²) in [7, 11) is 0. The van der Waals surface area contributed by atoms with Crippen molar-refractivity contribution in [1.82, 2.24) is 24.9 Å². The molecule has 0 saturated heterocycles. The second kappa shape index (κ2) is 16.4. The van der Waals surface area contributed by atoms with Gasteiger partial charge in [-0.3, -0.25) is 39.9 Å². The number of thiazole rings is 2. The van der Waals surface area contributed by atoms with Crippen LogP contribution in [0.4, 0.5) is 22.7 Å². The van der Waals surface area contributed by atoms with Crippen molar-refractivity contribution in [3.63, 3.8) is 0 Å². The quantitative estimate of drug-likeness (QED) is 0.0790. The lowest BCUT2D eigenvalue weighted by atomic mass is 9.97. The van der Waals surface area contributed by atoms with Crippen LogP contribution in [0.15, 0.2) is 36.8 Å². The SMILES string of the molecule is CC(C)(C)C(=O)OCc1nc2cc(N)cnc2s1.CC(C)(C)C(=O)OCc1nc2cc([N+](=O)[O-])cnc2s1.O=[N+]([O-])c1cnc(Cl)c([N+](=O)[O-])c1. The number of nitro groups is 3. The lowest BCUT2D eigenvalue weighted by Gasteiger charge is -2.15. The van der Waals surface area contributed by atoms with Crippen LogP contribution in [0.1, 0.15) is 51.6 Å². The van der Waals surface area contributed by atoms with E-state index in [1.54, 1.807) is 33.0 Å². The number of carbonyl (C=O) groups is 2. The number of aromatic nitrogens is 5. The average molecular weight is 764 g/mol. The van der Waals surface area contributed by atoms with E-state index in [4.69, 9.17) is 26.8 Å². The summed E-state index contributed by atoms with van der Waals surface area (Å²) in [5.74, 6) is -0.565.